The van der Waals surface area contributed by atoms with E-state index in [0.717, 1.165) is 37.7 Å². The number of nitrogens with zero attached hydrogens (tertiary/aromatic N) is 2. The molecule has 1 aliphatic carbocycles. The third kappa shape index (κ3) is 5.77. The molecule has 188 valence electrons. The summed E-state index contributed by atoms with van der Waals surface area (Å²) in [5.74, 6) is 0.637. The maximum Gasteiger partial charge on any atom is 0.250 e. The van der Waals surface area contributed by atoms with Gasteiger partial charge in [-0.2, -0.15) is 0 Å². The smallest absolute Gasteiger partial charge is 0.250 e. The molecule has 0 radical (unpaired) electrons. The van der Waals surface area contributed by atoms with Crippen LogP contribution in [0.2, 0.25) is 0 Å². The zero-order chi connectivity index (χ0) is 24.8. The summed E-state index contributed by atoms with van der Waals surface area (Å²) in [5, 5.41) is 0. The zero-order valence-corrected chi connectivity index (χ0v) is 20.7. The molecule has 4 rings (SSSR count). The molecule has 0 N–H and O–H groups in total. The highest BCUT2D eigenvalue weighted by molar-refractivity contribution is 5.96. The summed E-state index contributed by atoms with van der Waals surface area (Å²) in [6, 6.07) is 10.8. The van der Waals surface area contributed by atoms with E-state index in [4.69, 9.17) is 9.47 Å². The molecule has 35 heavy (non-hydrogen) atoms. The number of ether oxygens (including phenoxy) is 2. The van der Waals surface area contributed by atoms with Gasteiger partial charge in [-0.15, -0.1) is 0 Å². The Morgan fingerprint density at radius 3 is 2.34 bits per heavy atom. The van der Waals surface area contributed by atoms with Crippen molar-refractivity contribution in [3.63, 3.8) is 0 Å². The first-order chi connectivity index (χ1) is 17.0. The quantitative estimate of drug-likeness (QED) is 0.482. The van der Waals surface area contributed by atoms with Crippen molar-refractivity contribution in [1.29, 1.82) is 0 Å². The van der Waals surface area contributed by atoms with Crippen LogP contribution in [-0.4, -0.2) is 47.9 Å². The second kappa shape index (κ2) is 11.6. The molecule has 2 fully saturated rings. The van der Waals surface area contributed by atoms with Crippen molar-refractivity contribution in [3.05, 3.63) is 59.4 Å². The summed E-state index contributed by atoms with van der Waals surface area (Å²) in [4.78, 5) is 30.9. The number of hydrogen-bond acceptors (Lipinski definition) is 4. The Labute approximate surface area is 207 Å². The van der Waals surface area contributed by atoms with Gasteiger partial charge in [-0.1, -0.05) is 50.8 Å². The molecule has 1 atom stereocenters. The number of carbonyl (C=O) groups is 2. The topological polar surface area (TPSA) is 59.1 Å². The number of hydrogen-bond donors (Lipinski definition) is 0. The van der Waals surface area contributed by atoms with Crippen LogP contribution in [0.4, 0.5) is 4.39 Å². The van der Waals surface area contributed by atoms with Crippen molar-refractivity contribution in [2.45, 2.75) is 70.5 Å². The van der Waals surface area contributed by atoms with E-state index in [1.165, 1.54) is 25.0 Å². The van der Waals surface area contributed by atoms with Gasteiger partial charge in [0.05, 0.1) is 13.7 Å². The molecule has 7 heteroatoms. The number of methoxy groups -OCH3 is 1. The van der Waals surface area contributed by atoms with E-state index in [9.17, 15) is 14.0 Å². The Hall–Kier alpha value is -3.09. The standard InChI is InChI=1S/C28H35FN2O4/c1-3-16-35-24-15-12-21(17-25(24)34-2)27-28(33)30(23-8-6-4-5-7-9-23)19-26(32)31(27)18-20-10-13-22(29)14-11-20/h10-15,17,23,27H,3-9,16,18-19H2,1-2H3/t27-/m1/s1. The van der Waals surface area contributed by atoms with Gasteiger partial charge < -0.3 is 19.3 Å². The van der Waals surface area contributed by atoms with Crippen LogP contribution < -0.4 is 9.47 Å². The van der Waals surface area contributed by atoms with Crippen LogP contribution in [0.25, 0.3) is 0 Å². The minimum Gasteiger partial charge on any atom is -0.493 e. The van der Waals surface area contributed by atoms with Gasteiger partial charge in [0.1, 0.15) is 18.4 Å². The fraction of sp³-hybridized carbons (Fsp3) is 0.500. The molecule has 0 bridgehead atoms. The highest BCUT2D eigenvalue weighted by Crippen LogP contribution is 2.37. The normalized spacial score (nSPS) is 19.6. The largest absolute Gasteiger partial charge is 0.493 e. The van der Waals surface area contributed by atoms with Gasteiger partial charge in [-0.3, -0.25) is 9.59 Å². The number of benzene rings is 2. The lowest BCUT2D eigenvalue weighted by molar-refractivity contribution is -0.159. The van der Waals surface area contributed by atoms with E-state index in [2.05, 4.69) is 0 Å². The van der Waals surface area contributed by atoms with Crippen molar-refractivity contribution in [2.24, 2.45) is 0 Å². The number of amides is 2. The van der Waals surface area contributed by atoms with E-state index >= 15 is 0 Å². The lowest BCUT2D eigenvalue weighted by Gasteiger charge is -2.43. The van der Waals surface area contributed by atoms with E-state index in [1.54, 1.807) is 35.1 Å². The van der Waals surface area contributed by atoms with Crippen LogP contribution in [-0.2, 0) is 16.1 Å². The maximum atomic E-state index is 14.0. The van der Waals surface area contributed by atoms with E-state index in [0.29, 0.717) is 23.7 Å². The van der Waals surface area contributed by atoms with Crippen molar-refractivity contribution >= 4 is 11.8 Å². The summed E-state index contributed by atoms with van der Waals surface area (Å²) in [5.41, 5.74) is 1.46. The van der Waals surface area contributed by atoms with E-state index in [1.807, 2.05) is 19.1 Å². The van der Waals surface area contributed by atoms with Gasteiger partial charge in [-0.05, 0) is 54.7 Å². The number of halogens is 1. The van der Waals surface area contributed by atoms with Gasteiger partial charge in [0.15, 0.2) is 11.5 Å². The van der Waals surface area contributed by atoms with Crippen LogP contribution >= 0.6 is 0 Å². The average Bonchev–Trinajstić information content (AvgIpc) is 3.16. The molecule has 1 aliphatic heterocycles. The van der Waals surface area contributed by atoms with Gasteiger partial charge in [0.25, 0.3) is 5.91 Å². The number of rotatable bonds is 8. The van der Waals surface area contributed by atoms with Crippen molar-refractivity contribution in [1.82, 2.24) is 9.80 Å². The minimum atomic E-state index is -0.779. The van der Waals surface area contributed by atoms with Crippen LogP contribution in [0.1, 0.15) is 69.0 Å². The van der Waals surface area contributed by atoms with Crippen LogP contribution in [0.15, 0.2) is 42.5 Å². The molecule has 0 unspecified atom stereocenters. The lowest BCUT2D eigenvalue weighted by atomic mass is 9.96. The molecule has 2 aliphatic rings. The van der Waals surface area contributed by atoms with Gasteiger partial charge in [0, 0.05) is 12.6 Å². The summed E-state index contributed by atoms with van der Waals surface area (Å²) in [7, 11) is 1.57. The van der Waals surface area contributed by atoms with E-state index < -0.39 is 6.04 Å². The molecule has 1 saturated heterocycles. The summed E-state index contributed by atoms with van der Waals surface area (Å²) >= 11 is 0. The Kier molecular flexibility index (Phi) is 8.26. The molecule has 1 heterocycles. The van der Waals surface area contributed by atoms with Crippen LogP contribution in [0, 0.1) is 5.82 Å². The molecule has 2 amide bonds. The predicted octanol–water partition coefficient (Wildman–Crippen LogP) is 5.26. The third-order valence-corrected chi connectivity index (χ3v) is 6.95. The predicted molar refractivity (Wildman–Crippen MR) is 132 cm³/mol. The second-order valence-electron chi connectivity index (χ2n) is 9.42. The monoisotopic (exact) mass is 482 g/mol. The van der Waals surface area contributed by atoms with Crippen LogP contribution in [0.5, 0.6) is 11.5 Å². The first-order valence-corrected chi connectivity index (χ1v) is 12.7. The minimum absolute atomic E-state index is 0.0668. The third-order valence-electron chi connectivity index (χ3n) is 6.95. The Bertz CT molecular complexity index is 1020. The molecule has 0 aromatic heterocycles. The maximum absolute atomic E-state index is 14.0. The Balaban J connectivity index is 1.69. The highest BCUT2D eigenvalue weighted by Gasteiger charge is 2.43. The number of piperazine rings is 1. The van der Waals surface area contributed by atoms with Gasteiger partial charge in [-0.25, -0.2) is 4.39 Å². The van der Waals surface area contributed by atoms with Crippen molar-refractivity contribution in [2.75, 3.05) is 20.3 Å². The lowest BCUT2D eigenvalue weighted by Crippen LogP contribution is -2.57. The number of carbonyl (C=O) groups excluding carboxylic acids is 2. The average molecular weight is 483 g/mol. The van der Waals surface area contributed by atoms with Crippen molar-refractivity contribution < 1.29 is 23.5 Å². The van der Waals surface area contributed by atoms with Gasteiger partial charge in [0.2, 0.25) is 5.91 Å². The van der Waals surface area contributed by atoms with Gasteiger partial charge >= 0.3 is 0 Å². The summed E-state index contributed by atoms with van der Waals surface area (Å²) in [6.07, 6.45) is 7.20. The van der Waals surface area contributed by atoms with Crippen molar-refractivity contribution in [3.8, 4) is 11.5 Å². The van der Waals surface area contributed by atoms with Crippen LogP contribution in [0.3, 0.4) is 0 Å². The molecular weight excluding hydrogens is 447 g/mol. The molecule has 2 aromatic carbocycles. The molecule has 6 nitrogen and oxygen atoms in total. The van der Waals surface area contributed by atoms with E-state index in [-0.39, 0.29) is 36.8 Å². The zero-order valence-electron chi connectivity index (χ0n) is 20.7. The molecule has 0 spiro atoms. The SMILES string of the molecule is CCCOc1ccc([C@@H]2C(=O)N(C3CCCCCC3)CC(=O)N2Cc2ccc(F)cc2)cc1OC. The first-order valence-electron chi connectivity index (χ1n) is 12.7. The molecule has 2 aromatic rings. The Morgan fingerprint density at radius 2 is 1.69 bits per heavy atom. The summed E-state index contributed by atoms with van der Waals surface area (Å²) < 4.78 is 24.8. The molecular formula is C28H35FN2O4. The fourth-order valence-electron chi connectivity index (χ4n) is 5.10. The fourth-order valence-corrected chi connectivity index (χ4v) is 5.10. The highest BCUT2D eigenvalue weighted by atomic mass is 19.1. The summed E-state index contributed by atoms with van der Waals surface area (Å²) in [6.45, 7) is 2.89. The first kappa shape index (κ1) is 25.0. The Morgan fingerprint density at radius 1 is 0.971 bits per heavy atom. The second-order valence-corrected chi connectivity index (χ2v) is 9.42. The molecule has 1 saturated carbocycles.